The second-order valence-corrected chi connectivity index (χ2v) is 3.33. The van der Waals surface area contributed by atoms with Crippen LogP contribution in [0.5, 0.6) is 0 Å². The van der Waals surface area contributed by atoms with Crippen molar-refractivity contribution in [1.82, 2.24) is 5.32 Å². The first kappa shape index (κ1) is 8.06. The zero-order valence-corrected chi connectivity index (χ0v) is 7.19. The summed E-state index contributed by atoms with van der Waals surface area (Å²) in [5.41, 5.74) is 0. The predicted molar refractivity (Wildman–Crippen MR) is 45.0 cm³/mol. The molecule has 0 aromatic carbocycles. The SMILES string of the molecule is CC[C@@H]1CCNC[C@@H]1CC. The summed E-state index contributed by atoms with van der Waals surface area (Å²) >= 11 is 0. The molecule has 60 valence electrons. The van der Waals surface area contributed by atoms with Crippen LogP contribution in [0.15, 0.2) is 0 Å². The molecule has 1 rings (SSSR count). The summed E-state index contributed by atoms with van der Waals surface area (Å²) in [5, 5.41) is 3.45. The van der Waals surface area contributed by atoms with E-state index >= 15 is 0 Å². The van der Waals surface area contributed by atoms with Gasteiger partial charge in [0.15, 0.2) is 0 Å². The molecule has 0 amide bonds. The van der Waals surface area contributed by atoms with E-state index in [4.69, 9.17) is 0 Å². The molecule has 1 aliphatic rings. The molecule has 0 radical (unpaired) electrons. The van der Waals surface area contributed by atoms with Crippen LogP contribution in [0.25, 0.3) is 0 Å². The van der Waals surface area contributed by atoms with Gasteiger partial charge in [0.1, 0.15) is 0 Å². The van der Waals surface area contributed by atoms with Crippen LogP contribution in [0, 0.1) is 11.8 Å². The van der Waals surface area contributed by atoms with Crippen LogP contribution in [0.4, 0.5) is 0 Å². The van der Waals surface area contributed by atoms with Crippen molar-refractivity contribution in [3.63, 3.8) is 0 Å². The molecule has 0 saturated carbocycles. The predicted octanol–water partition coefficient (Wildman–Crippen LogP) is 2.03. The third kappa shape index (κ3) is 1.72. The van der Waals surface area contributed by atoms with Gasteiger partial charge in [0.25, 0.3) is 0 Å². The minimum Gasteiger partial charge on any atom is -0.316 e. The highest BCUT2D eigenvalue weighted by Gasteiger charge is 2.20. The summed E-state index contributed by atoms with van der Waals surface area (Å²) in [7, 11) is 0. The van der Waals surface area contributed by atoms with Crippen molar-refractivity contribution in [2.45, 2.75) is 33.1 Å². The van der Waals surface area contributed by atoms with Gasteiger partial charge in [-0.1, -0.05) is 26.7 Å². The number of piperidine rings is 1. The lowest BCUT2D eigenvalue weighted by Crippen LogP contribution is -2.35. The second-order valence-electron chi connectivity index (χ2n) is 3.33. The Bertz CT molecular complexity index is 78.7. The van der Waals surface area contributed by atoms with Crippen LogP contribution in [0.2, 0.25) is 0 Å². The Morgan fingerprint density at radius 2 is 1.90 bits per heavy atom. The van der Waals surface area contributed by atoms with Crippen LogP contribution in [0.1, 0.15) is 33.1 Å². The molecule has 1 nitrogen and oxygen atoms in total. The van der Waals surface area contributed by atoms with Gasteiger partial charge in [0.2, 0.25) is 0 Å². The van der Waals surface area contributed by atoms with Crippen molar-refractivity contribution >= 4 is 0 Å². The van der Waals surface area contributed by atoms with Gasteiger partial charge in [-0.25, -0.2) is 0 Å². The van der Waals surface area contributed by atoms with E-state index in [2.05, 4.69) is 19.2 Å². The topological polar surface area (TPSA) is 12.0 Å². The molecule has 2 atom stereocenters. The fraction of sp³-hybridized carbons (Fsp3) is 1.00. The number of rotatable bonds is 2. The van der Waals surface area contributed by atoms with Crippen molar-refractivity contribution in [3.05, 3.63) is 0 Å². The van der Waals surface area contributed by atoms with Crippen molar-refractivity contribution in [1.29, 1.82) is 0 Å². The van der Waals surface area contributed by atoms with Gasteiger partial charge < -0.3 is 5.32 Å². The Morgan fingerprint density at radius 3 is 2.40 bits per heavy atom. The first-order chi connectivity index (χ1) is 4.88. The molecule has 1 N–H and O–H groups in total. The normalized spacial score (nSPS) is 34.2. The Morgan fingerprint density at radius 1 is 1.20 bits per heavy atom. The summed E-state index contributed by atoms with van der Waals surface area (Å²) in [5.74, 6) is 1.96. The highest BCUT2D eigenvalue weighted by Crippen LogP contribution is 2.24. The molecular formula is C9H19N. The molecule has 1 saturated heterocycles. The average Bonchev–Trinajstić information content (AvgIpc) is 2.04. The highest BCUT2D eigenvalue weighted by atomic mass is 14.9. The Kier molecular flexibility index (Phi) is 3.20. The maximum atomic E-state index is 3.45. The summed E-state index contributed by atoms with van der Waals surface area (Å²) in [6, 6.07) is 0. The molecule has 0 aromatic rings. The van der Waals surface area contributed by atoms with Gasteiger partial charge in [-0.2, -0.15) is 0 Å². The smallest absolute Gasteiger partial charge is 0.00180 e. The lowest BCUT2D eigenvalue weighted by molar-refractivity contribution is 0.241. The molecule has 1 fully saturated rings. The minimum absolute atomic E-state index is 0.957. The summed E-state index contributed by atoms with van der Waals surface area (Å²) in [6.45, 7) is 7.13. The third-order valence-corrected chi connectivity index (χ3v) is 2.81. The van der Waals surface area contributed by atoms with Crippen molar-refractivity contribution in [3.8, 4) is 0 Å². The fourth-order valence-corrected chi connectivity index (χ4v) is 1.99. The second kappa shape index (κ2) is 3.97. The average molecular weight is 141 g/mol. The molecule has 0 aliphatic carbocycles. The summed E-state index contributed by atoms with van der Waals surface area (Å²) in [6.07, 6.45) is 4.13. The Hall–Kier alpha value is -0.0400. The van der Waals surface area contributed by atoms with E-state index in [1.807, 2.05) is 0 Å². The highest BCUT2D eigenvalue weighted by molar-refractivity contribution is 4.75. The lowest BCUT2D eigenvalue weighted by Gasteiger charge is -2.30. The maximum absolute atomic E-state index is 3.45. The molecule has 0 bridgehead atoms. The molecule has 0 aromatic heterocycles. The number of hydrogen-bond donors (Lipinski definition) is 1. The van der Waals surface area contributed by atoms with Gasteiger partial charge >= 0.3 is 0 Å². The van der Waals surface area contributed by atoms with Crippen molar-refractivity contribution in [2.75, 3.05) is 13.1 Å². The van der Waals surface area contributed by atoms with E-state index in [0.717, 1.165) is 11.8 Å². The molecular weight excluding hydrogens is 122 g/mol. The maximum Gasteiger partial charge on any atom is -0.00180 e. The minimum atomic E-state index is 0.957. The van der Waals surface area contributed by atoms with Gasteiger partial charge in [0, 0.05) is 0 Å². The van der Waals surface area contributed by atoms with Gasteiger partial charge in [0.05, 0.1) is 0 Å². The van der Waals surface area contributed by atoms with E-state index in [1.54, 1.807) is 0 Å². The number of hydrogen-bond acceptors (Lipinski definition) is 1. The van der Waals surface area contributed by atoms with Crippen LogP contribution < -0.4 is 5.32 Å². The van der Waals surface area contributed by atoms with E-state index < -0.39 is 0 Å². The lowest BCUT2D eigenvalue weighted by atomic mass is 9.83. The van der Waals surface area contributed by atoms with Crippen LogP contribution in [0.3, 0.4) is 0 Å². The molecule has 0 unspecified atom stereocenters. The molecule has 1 heterocycles. The van der Waals surface area contributed by atoms with Crippen molar-refractivity contribution < 1.29 is 0 Å². The molecule has 1 heteroatoms. The molecule has 0 spiro atoms. The first-order valence-electron chi connectivity index (χ1n) is 4.59. The van der Waals surface area contributed by atoms with Crippen LogP contribution in [-0.2, 0) is 0 Å². The summed E-state index contributed by atoms with van der Waals surface area (Å²) in [4.78, 5) is 0. The Balaban J connectivity index is 2.34. The van der Waals surface area contributed by atoms with Crippen molar-refractivity contribution in [2.24, 2.45) is 11.8 Å². The zero-order chi connectivity index (χ0) is 7.40. The molecule has 10 heavy (non-hydrogen) atoms. The first-order valence-corrected chi connectivity index (χ1v) is 4.59. The van der Waals surface area contributed by atoms with E-state index in [9.17, 15) is 0 Å². The van der Waals surface area contributed by atoms with E-state index in [0.29, 0.717) is 0 Å². The molecule has 1 aliphatic heterocycles. The standard InChI is InChI=1S/C9H19N/c1-3-8-5-6-10-7-9(8)4-2/h8-10H,3-7H2,1-2H3/t8-,9+/m1/s1. The van der Waals surface area contributed by atoms with Gasteiger partial charge in [-0.15, -0.1) is 0 Å². The largest absolute Gasteiger partial charge is 0.316 e. The fourth-order valence-electron chi connectivity index (χ4n) is 1.99. The van der Waals surface area contributed by atoms with E-state index in [1.165, 1.54) is 32.4 Å². The van der Waals surface area contributed by atoms with Gasteiger partial charge in [-0.05, 0) is 31.3 Å². The quantitative estimate of drug-likeness (QED) is 0.620. The van der Waals surface area contributed by atoms with E-state index in [-0.39, 0.29) is 0 Å². The zero-order valence-electron chi connectivity index (χ0n) is 7.19. The summed E-state index contributed by atoms with van der Waals surface area (Å²) < 4.78 is 0. The van der Waals surface area contributed by atoms with Gasteiger partial charge in [-0.3, -0.25) is 0 Å². The Labute approximate surface area is 64.2 Å². The number of nitrogens with one attached hydrogen (secondary N) is 1. The monoisotopic (exact) mass is 141 g/mol. The third-order valence-electron chi connectivity index (χ3n) is 2.81. The van der Waals surface area contributed by atoms with Crippen LogP contribution in [-0.4, -0.2) is 13.1 Å². The van der Waals surface area contributed by atoms with Crippen LogP contribution >= 0.6 is 0 Å².